The zero-order valence-electron chi connectivity index (χ0n) is 16.3. The normalized spacial score (nSPS) is 17.9. The van der Waals surface area contributed by atoms with E-state index in [2.05, 4.69) is 59.9 Å². The fraction of sp³-hybridized carbons (Fsp3) is 0.650. The molecular formula is C20H36O2Si. The zero-order chi connectivity index (χ0) is 18.1. The van der Waals surface area contributed by atoms with Gasteiger partial charge in [0.05, 0.1) is 6.10 Å². The van der Waals surface area contributed by atoms with Crippen molar-refractivity contribution >= 4 is 14.6 Å². The van der Waals surface area contributed by atoms with E-state index in [1.54, 1.807) is 6.08 Å². The lowest BCUT2D eigenvalue weighted by molar-refractivity contribution is -0.104. The first-order valence-corrected chi connectivity index (χ1v) is 11.5. The molecule has 0 amide bonds. The summed E-state index contributed by atoms with van der Waals surface area (Å²) in [6, 6.07) is 0. The van der Waals surface area contributed by atoms with Crippen LogP contribution in [0.2, 0.25) is 18.1 Å². The summed E-state index contributed by atoms with van der Waals surface area (Å²) in [4.78, 5) is 10.7. The van der Waals surface area contributed by atoms with Crippen LogP contribution in [0.25, 0.3) is 0 Å². The third kappa shape index (κ3) is 7.94. The molecule has 3 atom stereocenters. The summed E-state index contributed by atoms with van der Waals surface area (Å²) >= 11 is 0. The van der Waals surface area contributed by atoms with Crippen molar-refractivity contribution < 1.29 is 9.22 Å². The van der Waals surface area contributed by atoms with Crippen LogP contribution in [-0.4, -0.2) is 20.7 Å². The predicted octanol–water partition coefficient (Wildman–Crippen LogP) is 5.93. The van der Waals surface area contributed by atoms with E-state index in [0.29, 0.717) is 5.92 Å². The number of allylic oxidation sites excluding steroid dienone is 5. The molecule has 0 bridgehead atoms. The SMILES string of the molecule is C/C=C/C=C/C[C@@H](C)[C@H](O[Si](C)(C)C(C)(C)C)[C@@H](C)/C=C/C=O. The number of hydrogen-bond acceptors (Lipinski definition) is 2. The number of aldehydes is 1. The Morgan fingerprint density at radius 2 is 1.70 bits per heavy atom. The Kier molecular flexibility index (Phi) is 9.63. The Morgan fingerprint density at radius 1 is 1.09 bits per heavy atom. The molecular weight excluding hydrogens is 300 g/mol. The summed E-state index contributed by atoms with van der Waals surface area (Å²) in [5.41, 5.74) is 0. The lowest BCUT2D eigenvalue weighted by atomic mass is 9.90. The average Bonchev–Trinajstić information content (AvgIpc) is 2.45. The van der Waals surface area contributed by atoms with E-state index in [1.165, 1.54) is 0 Å². The fourth-order valence-corrected chi connectivity index (χ4v) is 3.69. The zero-order valence-corrected chi connectivity index (χ0v) is 17.3. The minimum atomic E-state index is -1.85. The smallest absolute Gasteiger partial charge is 0.192 e. The van der Waals surface area contributed by atoms with Crippen molar-refractivity contribution in [2.24, 2.45) is 11.8 Å². The van der Waals surface area contributed by atoms with Gasteiger partial charge in [0, 0.05) is 0 Å². The van der Waals surface area contributed by atoms with Crippen molar-refractivity contribution in [3.8, 4) is 0 Å². The van der Waals surface area contributed by atoms with Crippen molar-refractivity contribution in [3.05, 3.63) is 36.5 Å². The molecule has 0 aliphatic carbocycles. The molecule has 23 heavy (non-hydrogen) atoms. The highest BCUT2D eigenvalue weighted by Crippen LogP contribution is 2.39. The molecule has 0 aromatic heterocycles. The van der Waals surface area contributed by atoms with E-state index < -0.39 is 8.32 Å². The van der Waals surface area contributed by atoms with Gasteiger partial charge in [0.2, 0.25) is 0 Å². The van der Waals surface area contributed by atoms with Gasteiger partial charge in [-0.15, -0.1) is 0 Å². The fourth-order valence-electron chi connectivity index (χ4n) is 2.21. The average molecular weight is 337 g/mol. The number of rotatable bonds is 9. The molecule has 0 rings (SSSR count). The van der Waals surface area contributed by atoms with E-state index >= 15 is 0 Å². The largest absolute Gasteiger partial charge is 0.413 e. The van der Waals surface area contributed by atoms with Crippen molar-refractivity contribution in [1.82, 2.24) is 0 Å². The molecule has 0 aromatic rings. The quantitative estimate of drug-likeness (QED) is 0.226. The number of hydrogen-bond donors (Lipinski definition) is 0. The minimum Gasteiger partial charge on any atom is -0.413 e. The molecule has 0 N–H and O–H groups in total. The molecule has 0 aromatic carbocycles. The summed E-state index contributed by atoms with van der Waals surface area (Å²) in [5, 5.41) is 0.180. The van der Waals surface area contributed by atoms with Crippen LogP contribution in [0.5, 0.6) is 0 Å². The molecule has 0 saturated heterocycles. The van der Waals surface area contributed by atoms with Gasteiger partial charge in [0.25, 0.3) is 0 Å². The number of carbonyl (C=O) groups is 1. The molecule has 0 unspecified atom stereocenters. The molecule has 0 radical (unpaired) electrons. The van der Waals surface area contributed by atoms with E-state index in [0.717, 1.165) is 12.7 Å². The molecule has 132 valence electrons. The van der Waals surface area contributed by atoms with Crippen LogP contribution in [-0.2, 0) is 9.22 Å². The van der Waals surface area contributed by atoms with Gasteiger partial charge in [-0.25, -0.2) is 0 Å². The Bertz CT molecular complexity index is 427. The Labute approximate surface area is 144 Å². The van der Waals surface area contributed by atoms with E-state index in [4.69, 9.17) is 4.43 Å². The van der Waals surface area contributed by atoms with Crippen LogP contribution in [0.4, 0.5) is 0 Å². The summed E-state index contributed by atoms with van der Waals surface area (Å²) in [7, 11) is -1.85. The summed E-state index contributed by atoms with van der Waals surface area (Å²) in [5.74, 6) is 0.622. The van der Waals surface area contributed by atoms with Crippen LogP contribution < -0.4 is 0 Å². The van der Waals surface area contributed by atoms with E-state index in [1.807, 2.05) is 25.2 Å². The Balaban J connectivity index is 5.22. The van der Waals surface area contributed by atoms with Gasteiger partial charge in [-0.1, -0.05) is 65.0 Å². The van der Waals surface area contributed by atoms with Crippen LogP contribution in [0.1, 0.15) is 48.0 Å². The van der Waals surface area contributed by atoms with Gasteiger partial charge in [0.1, 0.15) is 6.29 Å². The second kappa shape index (κ2) is 10.0. The molecule has 2 nitrogen and oxygen atoms in total. The lowest BCUT2D eigenvalue weighted by Gasteiger charge is -2.42. The summed E-state index contributed by atoms with van der Waals surface area (Å²) < 4.78 is 6.70. The van der Waals surface area contributed by atoms with Crippen LogP contribution in [0.3, 0.4) is 0 Å². The van der Waals surface area contributed by atoms with Gasteiger partial charge in [-0.3, -0.25) is 4.79 Å². The monoisotopic (exact) mass is 336 g/mol. The maximum atomic E-state index is 10.7. The second-order valence-electron chi connectivity index (χ2n) is 7.89. The standard InChI is InChI=1S/C20H36O2Si/c1-9-10-11-12-14-17(2)19(18(3)15-13-16-21)22-23(7,8)20(4,5)6/h9-13,15-19H,14H2,1-8H3/b10-9+,12-11+,15-13+/t17-,18+,19+/m1/s1. The molecule has 0 heterocycles. The first kappa shape index (κ1) is 22.1. The van der Waals surface area contributed by atoms with Crippen molar-refractivity contribution in [2.75, 3.05) is 0 Å². The molecule has 0 aliphatic rings. The van der Waals surface area contributed by atoms with Gasteiger partial charge >= 0.3 is 0 Å². The molecule has 0 saturated carbocycles. The van der Waals surface area contributed by atoms with Crippen LogP contribution in [0, 0.1) is 11.8 Å². The molecule has 0 fully saturated rings. The lowest BCUT2D eigenvalue weighted by Crippen LogP contribution is -2.47. The van der Waals surface area contributed by atoms with Crippen molar-refractivity contribution in [2.45, 2.75) is 72.2 Å². The molecule has 0 spiro atoms. The molecule has 0 aliphatic heterocycles. The van der Waals surface area contributed by atoms with Crippen molar-refractivity contribution in [1.29, 1.82) is 0 Å². The second-order valence-corrected chi connectivity index (χ2v) is 12.6. The van der Waals surface area contributed by atoms with Gasteiger partial charge in [-0.05, 0) is 49.4 Å². The molecule has 3 heteroatoms. The van der Waals surface area contributed by atoms with E-state index in [-0.39, 0.29) is 17.1 Å². The highest BCUT2D eigenvalue weighted by Gasteiger charge is 2.40. The topological polar surface area (TPSA) is 26.3 Å². The Hall–Kier alpha value is -0.933. The van der Waals surface area contributed by atoms with Gasteiger partial charge in [-0.2, -0.15) is 0 Å². The maximum Gasteiger partial charge on any atom is 0.192 e. The Morgan fingerprint density at radius 3 is 2.17 bits per heavy atom. The highest BCUT2D eigenvalue weighted by molar-refractivity contribution is 6.74. The summed E-state index contributed by atoms with van der Waals surface area (Å²) in [6.07, 6.45) is 13.9. The highest BCUT2D eigenvalue weighted by atomic mass is 28.4. The van der Waals surface area contributed by atoms with Crippen LogP contribution in [0.15, 0.2) is 36.5 Å². The van der Waals surface area contributed by atoms with Gasteiger partial charge in [0.15, 0.2) is 8.32 Å². The van der Waals surface area contributed by atoms with Crippen molar-refractivity contribution in [3.63, 3.8) is 0 Å². The third-order valence-electron chi connectivity index (χ3n) is 4.76. The summed E-state index contributed by atoms with van der Waals surface area (Å²) in [6.45, 7) is 17.8. The van der Waals surface area contributed by atoms with Gasteiger partial charge < -0.3 is 4.43 Å². The number of carbonyl (C=O) groups excluding carboxylic acids is 1. The van der Waals surface area contributed by atoms with E-state index in [9.17, 15) is 4.79 Å². The first-order valence-electron chi connectivity index (χ1n) is 8.64. The minimum absolute atomic E-state index is 0.127. The first-order chi connectivity index (χ1) is 10.6. The predicted molar refractivity (Wildman–Crippen MR) is 104 cm³/mol. The maximum absolute atomic E-state index is 10.7. The van der Waals surface area contributed by atoms with Crippen LogP contribution >= 0.6 is 0 Å². The third-order valence-corrected chi connectivity index (χ3v) is 9.23.